The molecule has 2 heteroatoms. The zero-order valence-electron chi connectivity index (χ0n) is 11.2. The monoisotopic (exact) mass is 234 g/mol. The van der Waals surface area contributed by atoms with Crippen molar-refractivity contribution in [1.82, 2.24) is 0 Å². The lowest BCUT2D eigenvalue weighted by atomic mass is 9.95. The summed E-state index contributed by atoms with van der Waals surface area (Å²) in [5, 5.41) is 0. The molecule has 0 atom stereocenters. The van der Waals surface area contributed by atoms with E-state index in [9.17, 15) is 4.79 Å². The maximum Gasteiger partial charge on any atom is 0.306 e. The van der Waals surface area contributed by atoms with Gasteiger partial charge in [-0.05, 0) is 37.3 Å². The number of carbonyl (C=O) groups excluding carboxylic acids is 1. The van der Waals surface area contributed by atoms with E-state index in [1.165, 1.54) is 11.1 Å². The zero-order valence-corrected chi connectivity index (χ0v) is 11.2. The predicted molar refractivity (Wildman–Crippen MR) is 70.1 cm³/mol. The normalized spacial score (nSPS) is 10.9. The topological polar surface area (TPSA) is 26.3 Å². The average molecular weight is 234 g/mol. The van der Waals surface area contributed by atoms with Crippen LogP contribution in [0.15, 0.2) is 24.3 Å². The van der Waals surface area contributed by atoms with Crippen LogP contribution >= 0.6 is 0 Å². The molecule has 0 aliphatic carbocycles. The first-order chi connectivity index (χ1) is 8.00. The van der Waals surface area contributed by atoms with E-state index < -0.39 is 0 Å². The second-order valence-corrected chi connectivity index (χ2v) is 4.89. The fraction of sp³-hybridized carbons (Fsp3) is 0.533. The maximum absolute atomic E-state index is 11.5. The minimum atomic E-state index is -0.112. The molecule has 0 bridgehead atoms. The van der Waals surface area contributed by atoms with E-state index in [2.05, 4.69) is 26.0 Å². The molecule has 17 heavy (non-hydrogen) atoms. The van der Waals surface area contributed by atoms with E-state index in [0.29, 0.717) is 12.3 Å². The molecular formula is C15H22O2. The molecule has 0 unspecified atom stereocenters. The lowest BCUT2D eigenvalue weighted by molar-refractivity contribution is -0.147. The molecule has 1 aromatic rings. The fourth-order valence-corrected chi connectivity index (χ4v) is 1.88. The van der Waals surface area contributed by atoms with Gasteiger partial charge in [-0.1, -0.05) is 38.1 Å². The molecule has 0 saturated carbocycles. The summed E-state index contributed by atoms with van der Waals surface area (Å²) in [6, 6.07) is 8.30. The number of hydrogen-bond donors (Lipinski definition) is 0. The van der Waals surface area contributed by atoms with Crippen molar-refractivity contribution in [2.45, 2.75) is 52.6 Å². The molecule has 2 nitrogen and oxygen atoms in total. The summed E-state index contributed by atoms with van der Waals surface area (Å²) in [7, 11) is 0. The second-order valence-electron chi connectivity index (χ2n) is 4.89. The predicted octanol–water partition coefficient (Wildman–Crippen LogP) is 3.69. The summed E-state index contributed by atoms with van der Waals surface area (Å²) in [5.74, 6) is 0.380. The van der Waals surface area contributed by atoms with Gasteiger partial charge >= 0.3 is 5.97 Å². The minimum absolute atomic E-state index is 0.0251. The fourth-order valence-electron chi connectivity index (χ4n) is 1.88. The molecule has 0 saturated heterocycles. The molecule has 0 aliphatic rings. The van der Waals surface area contributed by atoms with Gasteiger partial charge in [0.25, 0.3) is 0 Å². The van der Waals surface area contributed by atoms with Gasteiger partial charge < -0.3 is 4.74 Å². The van der Waals surface area contributed by atoms with E-state index in [-0.39, 0.29) is 12.1 Å². The molecule has 0 N–H and O–H groups in total. The Bertz CT molecular complexity index is 367. The van der Waals surface area contributed by atoms with E-state index in [1.807, 2.05) is 26.0 Å². The molecule has 0 aliphatic heterocycles. The third-order valence-corrected chi connectivity index (χ3v) is 2.64. The van der Waals surface area contributed by atoms with E-state index in [0.717, 1.165) is 6.42 Å². The van der Waals surface area contributed by atoms with Crippen molar-refractivity contribution in [2.24, 2.45) is 0 Å². The van der Waals surface area contributed by atoms with Gasteiger partial charge in [0.2, 0.25) is 0 Å². The third kappa shape index (κ3) is 4.59. The van der Waals surface area contributed by atoms with Crippen molar-refractivity contribution < 1.29 is 9.53 Å². The molecule has 0 heterocycles. The van der Waals surface area contributed by atoms with Crippen LogP contribution < -0.4 is 0 Å². The molecule has 94 valence electrons. The van der Waals surface area contributed by atoms with Crippen molar-refractivity contribution in [3.63, 3.8) is 0 Å². The second kappa shape index (κ2) is 6.43. The van der Waals surface area contributed by atoms with Gasteiger partial charge in [0.1, 0.15) is 0 Å². The van der Waals surface area contributed by atoms with Crippen LogP contribution in [0.3, 0.4) is 0 Å². The SMILES string of the molecule is CC(C)OC(=O)CCc1ccccc1C(C)C. The van der Waals surface area contributed by atoms with E-state index in [4.69, 9.17) is 4.74 Å². The van der Waals surface area contributed by atoms with Crippen LogP contribution in [0.4, 0.5) is 0 Å². The Morgan fingerprint density at radius 1 is 1.18 bits per heavy atom. The van der Waals surface area contributed by atoms with Gasteiger partial charge in [-0.3, -0.25) is 4.79 Å². The highest BCUT2D eigenvalue weighted by Crippen LogP contribution is 2.20. The smallest absolute Gasteiger partial charge is 0.306 e. The van der Waals surface area contributed by atoms with Crippen LogP contribution in [0.1, 0.15) is 51.2 Å². The van der Waals surface area contributed by atoms with Gasteiger partial charge in [0, 0.05) is 6.42 Å². The number of aryl methyl sites for hydroxylation is 1. The Morgan fingerprint density at radius 2 is 1.82 bits per heavy atom. The highest BCUT2D eigenvalue weighted by molar-refractivity contribution is 5.70. The molecule has 1 rings (SSSR count). The van der Waals surface area contributed by atoms with Gasteiger partial charge in [-0.2, -0.15) is 0 Å². The summed E-state index contributed by atoms with van der Waals surface area (Å²) in [5.41, 5.74) is 2.58. The molecule has 0 aromatic heterocycles. The summed E-state index contributed by atoms with van der Waals surface area (Å²) in [6.45, 7) is 8.09. The molecule has 0 amide bonds. The molecule has 0 spiro atoms. The number of ether oxygens (including phenoxy) is 1. The van der Waals surface area contributed by atoms with E-state index in [1.54, 1.807) is 0 Å². The van der Waals surface area contributed by atoms with Crippen LogP contribution in [0.5, 0.6) is 0 Å². The number of benzene rings is 1. The van der Waals surface area contributed by atoms with Crippen molar-refractivity contribution in [3.05, 3.63) is 35.4 Å². The first kappa shape index (κ1) is 13.8. The standard InChI is InChI=1S/C15H22O2/c1-11(2)14-8-6-5-7-13(14)9-10-15(16)17-12(3)4/h5-8,11-12H,9-10H2,1-4H3. The van der Waals surface area contributed by atoms with Gasteiger partial charge in [0.05, 0.1) is 6.10 Å². The van der Waals surface area contributed by atoms with Crippen LogP contribution in [0.25, 0.3) is 0 Å². The number of carbonyl (C=O) groups is 1. The van der Waals surface area contributed by atoms with Gasteiger partial charge in [-0.25, -0.2) is 0 Å². The van der Waals surface area contributed by atoms with Gasteiger partial charge in [-0.15, -0.1) is 0 Å². The van der Waals surface area contributed by atoms with Crippen molar-refractivity contribution in [2.75, 3.05) is 0 Å². The van der Waals surface area contributed by atoms with E-state index >= 15 is 0 Å². The van der Waals surface area contributed by atoms with Crippen LogP contribution in [-0.4, -0.2) is 12.1 Å². The summed E-state index contributed by atoms with van der Waals surface area (Å²) in [6.07, 6.45) is 1.20. The van der Waals surface area contributed by atoms with Gasteiger partial charge in [0.15, 0.2) is 0 Å². The highest BCUT2D eigenvalue weighted by atomic mass is 16.5. The quantitative estimate of drug-likeness (QED) is 0.726. The van der Waals surface area contributed by atoms with Crippen LogP contribution in [0.2, 0.25) is 0 Å². The Morgan fingerprint density at radius 3 is 2.41 bits per heavy atom. The molecule has 0 fully saturated rings. The summed E-state index contributed by atoms with van der Waals surface area (Å²) in [4.78, 5) is 11.5. The van der Waals surface area contributed by atoms with Crippen LogP contribution in [-0.2, 0) is 16.0 Å². The highest BCUT2D eigenvalue weighted by Gasteiger charge is 2.09. The lowest BCUT2D eigenvalue weighted by Crippen LogP contribution is -2.12. The third-order valence-electron chi connectivity index (χ3n) is 2.64. The number of esters is 1. The Hall–Kier alpha value is -1.31. The number of rotatable bonds is 5. The maximum atomic E-state index is 11.5. The minimum Gasteiger partial charge on any atom is -0.463 e. The Balaban J connectivity index is 2.60. The Labute approximate surface area is 104 Å². The average Bonchev–Trinajstić information content (AvgIpc) is 2.25. The van der Waals surface area contributed by atoms with Crippen molar-refractivity contribution in [1.29, 1.82) is 0 Å². The van der Waals surface area contributed by atoms with Crippen LogP contribution in [0, 0.1) is 0 Å². The molecular weight excluding hydrogens is 212 g/mol. The molecule has 1 aromatic carbocycles. The zero-order chi connectivity index (χ0) is 12.8. The largest absolute Gasteiger partial charge is 0.463 e. The number of hydrogen-bond acceptors (Lipinski definition) is 2. The van der Waals surface area contributed by atoms with Crippen molar-refractivity contribution >= 4 is 5.97 Å². The van der Waals surface area contributed by atoms with Crippen molar-refractivity contribution in [3.8, 4) is 0 Å². The first-order valence-corrected chi connectivity index (χ1v) is 6.28. The molecule has 0 radical (unpaired) electrons. The summed E-state index contributed by atoms with van der Waals surface area (Å²) >= 11 is 0. The Kier molecular flexibility index (Phi) is 5.20. The summed E-state index contributed by atoms with van der Waals surface area (Å²) < 4.78 is 5.13. The lowest BCUT2D eigenvalue weighted by Gasteiger charge is -2.13. The first-order valence-electron chi connectivity index (χ1n) is 6.28.